The van der Waals surface area contributed by atoms with Crippen molar-refractivity contribution in [3.05, 3.63) is 45.8 Å². The number of carbonyl (C=O) groups excluding carboxylic acids is 1. The average molecular weight is 421 g/mol. The van der Waals surface area contributed by atoms with Gasteiger partial charge in [-0.3, -0.25) is 9.69 Å². The molecule has 0 aliphatic carbocycles. The number of benzene rings is 1. The number of rotatable bonds is 3. The van der Waals surface area contributed by atoms with E-state index in [4.69, 9.17) is 13.9 Å². The molecule has 1 aromatic carbocycles. The van der Waals surface area contributed by atoms with Crippen molar-refractivity contribution >= 4 is 21.8 Å². The summed E-state index contributed by atoms with van der Waals surface area (Å²) in [6, 6.07) is 7.59. The van der Waals surface area contributed by atoms with Gasteiger partial charge in [0, 0.05) is 37.2 Å². The fourth-order valence-corrected chi connectivity index (χ4v) is 3.73. The fourth-order valence-electron chi connectivity index (χ4n) is 3.28. The molecule has 138 valence electrons. The van der Waals surface area contributed by atoms with E-state index in [-0.39, 0.29) is 5.91 Å². The molecule has 3 heterocycles. The molecule has 0 unspecified atom stereocenters. The average Bonchev–Trinajstić information content (AvgIpc) is 3.09. The van der Waals surface area contributed by atoms with Gasteiger partial charge in [-0.05, 0) is 36.8 Å². The van der Waals surface area contributed by atoms with Gasteiger partial charge in [-0.15, -0.1) is 0 Å². The van der Waals surface area contributed by atoms with Crippen LogP contribution < -0.4 is 9.47 Å². The number of fused-ring (bicyclic) bond motifs is 1. The van der Waals surface area contributed by atoms with Gasteiger partial charge in [-0.2, -0.15) is 0 Å². The van der Waals surface area contributed by atoms with Crippen LogP contribution in [0.25, 0.3) is 0 Å². The fraction of sp³-hybridized carbons (Fsp3) is 0.421. The van der Waals surface area contributed by atoms with Gasteiger partial charge in [0.2, 0.25) is 0 Å². The number of nitrogens with zero attached hydrogens (tertiary/aromatic N) is 2. The molecule has 0 N–H and O–H groups in total. The summed E-state index contributed by atoms with van der Waals surface area (Å²) in [5.41, 5.74) is 1.16. The van der Waals surface area contributed by atoms with Gasteiger partial charge in [0.25, 0.3) is 5.91 Å². The molecule has 0 spiro atoms. The van der Waals surface area contributed by atoms with Crippen molar-refractivity contribution < 1.29 is 18.7 Å². The molecule has 6 nitrogen and oxygen atoms in total. The third-order valence-electron chi connectivity index (χ3n) is 4.72. The van der Waals surface area contributed by atoms with Gasteiger partial charge in [-0.1, -0.05) is 15.9 Å². The first kappa shape index (κ1) is 17.4. The molecule has 7 heteroatoms. The predicted molar refractivity (Wildman–Crippen MR) is 99.8 cm³/mol. The van der Waals surface area contributed by atoms with Gasteiger partial charge in [0.05, 0.1) is 0 Å². The third kappa shape index (κ3) is 3.59. The van der Waals surface area contributed by atoms with Crippen molar-refractivity contribution in [3.63, 3.8) is 0 Å². The highest BCUT2D eigenvalue weighted by Crippen LogP contribution is 2.36. The van der Waals surface area contributed by atoms with Crippen LogP contribution in [0, 0.1) is 6.92 Å². The minimum Gasteiger partial charge on any atom is -0.486 e. The Labute approximate surface area is 160 Å². The van der Waals surface area contributed by atoms with Gasteiger partial charge in [0.15, 0.2) is 17.3 Å². The van der Waals surface area contributed by atoms with Crippen LogP contribution in [0.4, 0.5) is 0 Å². The van der Waals surface area contributed by atoms with E-state index in [2.05, 4.69) is 20.8 Å². The van der Waals surface area contributed by atoms with Crippen molar-refractivity contribution in [1.82, 2.24) is 9.80 Å². The minimum atomic E-state index is -0.0294. The smallest absolute Gasteiger partial charge is 0.289 e. The van der Waals surface area contributed by atoms with Crippen LogP contribution >= 0.6 is 15.9 Å². The lowest BCUT2D eigenvalue weighted by atomic mass is 10.1. The van der Waals surface area contributed by atoms with Crippen molar-refractivity contribution in [3.8, 4) is 11.5 Å². The van der Waals surface area contributed by atoms with Gasteiger partial charge >= 0.3 is 0 Å². The Kier molecular flexibility index (Phi) is 4.91. The summed E-state index contributed by atoms with van der Waals surface area (Å²) in [5, 5.41) is 0. The maximum atomic E-state index is 12.5. The largest absolute Gasteiger partial charge is 0.486 e. The second-order valence-electron chi connectivity index (χ2n) is 6.57. The second kappa shape index (κ2) is 7.32. The number of ether oxygens (including phenoxy) is 2. The molecule has 26 heavy (non-hydrogen) atoms. The lowest BCUT2D eigenvalue weighted by molar-refractivity contribution is 0.0596. The van der Waals surface area contributed by atoms with E-state index in [9.17, 15) is 4.79 Å². The first-order valence-electron chi connectivity index (χ1n) is 8.76. The zero-order chi connectivity index (χ0) is 18.1. The number of hydrogen-bond acceptors (Lipinski definition) is 5. The molecule has 2 aliphatic rings. The van der Waals surface area contributed by atoms with Crippen LogP contribution in [0.3, 0.4) is 0 Å². The molecular weight excluding hydrogens is 400 g/mol. The second-order valence-corrected chi connectivity index (χ2v) is 7.42. The van der Waals surface area contributed by atoms with E-state index in [0.717, 1.165) is 46.9 Å². The normalized spacial score (nSPS) is 17.4. The van der Waals surface area contributed by atoms with Gasteiger partial charge < -0.3 is 18.8 Å². The maximum Gasteiger partial charge on any atom is 0.289 e. The lowest BCUT2D eigenvalue weighted by Gasteiger charge is -2.34. The van der Waals surface area contributed by atoms with Crippen LogP contribution in [-0.4, -0.2) is 55.1 Å². The van der Waals surface area contributed by atoms with E-state index < -0.39 is 0 Å². The van der Waals surface area contributed by atoms with E-state index >= 15 is 0 Å². The number of hydrogen-bond donors (Lipinski definition) is 0. The molecular formula is C19H21BrN2O4. The van der Waals surface area contributed by atoms with Gasteiger partial charge in [-0.25, -0.2) is 0 Å². The molecule has 1 fully saturated rings. The van der Waals surface area contributed by atoms with E-state index in [1.165, 1.54) is 0 Å². The van der Waals surface area contributed by atoms with Crippen molar-refractivity contribution in [2.75, 3.05) is 39.4 Å². The number of amides is 1. The molecule has 0 atom stereocenters. The Hall–Kier alpha value is -1.99. The number of carbonyl (C=O) groups is 1. The molecule has 4 rings (SSSR count). The standard InChI is InChI=1S/C19H21BrN2O4/c1-13-2-3-16(26-13)19(23)22-6-4-21(5-7-22)12-14-10-17-18(11-15(14)20)25-9-8-24-17/h2-3,10-11H,4-9,12H2,1H3. The van der Waals surface area contributed by atoms with Crippen molar-refractivity contribution in [2.24, 2.45) is 0 Å². The predicted octanol–water partition coefficient (Wildman–Crippen LogP) is 3.08. The summed E-state index contributed by atoms with van der Waals surface area (Å²) in [5.74, 6) is 2.74. The van der Waals surface area contributed by atoms with Crippen LogP contribution in [0.1, 0.15) is 21.9 Å². The Bertz CT molecular complexity index is 812. The quantitative estimate of drug-likeness (QED) is 0.763. The summed E-state index contributed by atoms with van der Waals surface area (Å²) in [6.45, 7) is 6.87. The number of piperazine rings is 1. The Morgan fingerprint density at radius 3 is 2.42 bits per heavy atom. The minimum absolute atomic E-state index is 0.0294. The highest BCUT2D eigenvalue weighted by Gasteiger charge is 2.25. The zero-order valence-electron chi connectivity index (χ0n) is 14.7. The Balaban J connectivity index is 1.37. The molecule has 1 saturated heterocycles. The summed E-state index contributed by atoms with van der Waals surface area (Å²) < 4.78 is 17.8. The zero-order valence-corrected chi connectivity index (χ0v) is 16.3. The SMILES string of the molecule is Cc1ccc(C(=O)N2CCN(Cc3cc4c(cc3Br)OCCO4)CC2)o1. The molecule has 1 amide bonds. The molecule has 0 bridgehead atoms. The van der Waals surface area contributed by atoms with Crippen LogP contribution in [0.5, 0.6) is 11.5 Å². The van der Waals surface area contributed by atoms with Crippen LogP contribution in [-0.2, 0) is 6.54 Å². The van der Waals surface area contributed by atoms with E-state index in [1.807, 2.05) is 30.0 Å². The van der Waals surface area contributed by atoms with Gasteiger partial charge in [0.1, 0.15) is 19.0 Å². The lowest BCUT2D eigenvalue weighted by Crippen LogP contribution is -2.48. The first-order chi connectivity index (χ1) is 12.6. The number of furan rings is 1. The summed E-state index contributed by atoms with van der Waals surface area (Å²) in [7, 11) is 0. The molecule has 1 aromatic heterocycles. The van der Waals surface area contributed by atoms with E-state index in [0.29, 0.717) is 32.1 Å². The summed E-state index contributed by atoms with van der Waals surface area (Å²) >= 11 is 3.63. The molecule has 0 radical (unpaired) electrons. The van der Waals surface area contributed by atoms with Crippen LogP contribution in [0.2, 0.25) is 0 Å². The monoisotopic (exact) mass is 420 g/mol. The highest BCUT2D eigenvalue weighted by atomic mass is 79.9. The molecule has 0 saturated carbocycles. The highest BCUT2D eigenvalue weighted by molar-refractivity contribution is 9.10. The van der Waals surface area contributed by atoms with Crippen molar-refractivity contribution in [2.45, 2.75) is 13.5 Å². The maximum absolute atomic E-state index is 12.5. The first-order valence-corrected chi connectivity index (χ1v) is 9.55. The topological polar surface area (TPSA) is 55.2 Å². The Morgan fingerprint density at radius 2 is 1.77 bits per heavy atom. The summed E-state index contributed by atoms with van der Waals surface area (Å²) in [4.78, 5) is 16.7. The van der Waals surface area contributed by atoms with Crippen LogP contribution in [0.15, 0.2) is 33.2 Å². The Morgan fingerprint density at radius 1 is 1.08 bits per heavy atom. The number of halogens is 1. The molecule has 2 aromatic rings. The third-order valence-corrected chi connectivity index (χ3v) is 5.45. The summed E-state index contributed by atoms with van der Waals surface area (Å²) in [6.07, 6.45) is 0. The van der Waals surface area contributed by atoms with E-state index in [1.54, 1.807) is 6.07 Å². The molecule has 2 aliphatic heterocycles. The van der Waals surface area contributed by atoms with Crippen molar-refractivity contribution in [1.29, 1.82) is 0 Å². The number of aryl methyl sites for hydroxylation is 1.